The molecule has 0 unspecified atom stereocenters. The molecule has 0 saturated heterocycles. The Labute approximate surface area is 164 Å². The van der Waals surface area contributed by atoms with Crippen molar-refractivity contribution in [2.24, 2.45) is 23.2 Å². The Morgan fingerprint density at radius 3 is 2.29 bits per heavy atom. The van der Waals surface area contributed by atoms with E-state index in [-0.39, 0.29) is 17.3 Å². The van der Waals surface area contributed by atoms with Crippen LogP contribution in [0.1, 0.15) is 45.4 Å². The molecule has 6 heteroatoms. The van der Waals surface area contributed by atoms with Crippen LogP contribution in [-0.4, -0.2) is 31.2 Å². The van der Waals surface area contributed by atoms with Gasteiger partial charge in [0.1, 0.15) is 13.2 Å². The van der Waals surface area contributed by atoms with Crippen LogP contribution in [0.2, 0.25) is 0 Å². The average Bonchev–Trinajstić information content (AvgIpc) is 2.66. The topological polar surface area (TPSA) is 73.9 Å². The molecule has 28 heavy (non-hydrogen) atoms. The smallest absolute Gasteiger partial charge is 0.312 e. The number of ether oxygens (including phenoxy) is 3. The number of hydrogen-bond acceptors (Lipinski definition) is 5. The van der Waals surface area contributed by atoms with E-state index in [1.165, 1.54) is 19.3 Å². The van der Waals surface area contributed by atoms with E-state index in [1.54, 1.807) is 25.1 Å². The second-order valence-corrected chi connectivity index (χ2v) is 9.09. The molecule has 4 bridgehead atoms. The van der Waals surface area contributed by atoms with E-state index < -0.39 is 6.10 Å². The number of fused-ring (bicyclic) bond motifs is 1. The summed E-state index contributed by atoms with van der Waals surface area (Å²) in [6, 6.07) is 5.27. The molecule has 4 aliphatic carbocycles. The predicted octanol–water partition coefficient (Wildman–Crippen LogP) is 3.54. The molecule has 1 amide bonds. The number of carbonyl (C=O) groups excluding carboxylic acids is 2. The molecule has 1 aliphatic heterocycles. The summed E-state index contributed by atoms with van der Waals surface area (Å²) in [4.78, 5) is 25.6. The summed E-state index contributed by atoms with van der Waals surface area (Å²) in [5.74, 6) is 2.79. The van der Waals surface area contributed by atoms with Crippen LogP contribution in [0.5, 0.6) is 11.5 Å². The zero-order valence-electron chi connectivity index (χ0n) is 16.2. The summed E-state index contributed by atoms with van der Waals surface area (Å²) in [5, 5.41) is 2.82. The number of benzene rings is 1. The van der Waals surface area contributed by atoms with Gasteiger partial charge in [-0.1, -0.05) is 0 Å². The molecule has 0 radical (unpaired) electrons. The minimum absolute atomic E-state index is 0.170. The van der Waals surface area contributed by atoms with E-state index in [0.29, 0.717) is 48.2 Å². The molecule has 1 N–H and O–H groups in total. The summed E-state index contributed by atoms with van der Waals surface area (Å²) < 4.78 is 16.7. The lowest BCUT2D eigenvalue weighted by Crippen LogP contribution is -2.51. The summed E-state index contributed by atoms with van der Waals surface area (Å²) in [6.45, 7) is 2.66. The summed E-state index contributed by atoms with van der Waals surface area (Å²) in [7, 11) is 0. The molecule has 4 saturated carbocycles. The first-order valence-corrected chi connectivity index (χ1v) is 10.4. The monoisotopic (exact) mass is 385 g/mol. The van der Waals surface area contributed by atoms with Crippen molar-refractivity contribution in [3.8, 4) is 11.5 Å². The van der Waals surface area contributed by atoms with Crippen molar-refractivity contribution in [1.29, 1.82) is 0 Å². The Hall–Kier alpha value is -2.24. The lowest BCUT2D eigenvalue weighted by molar-refractivity contribution is -0.177. The number of anilines is 1. The van der Waals surface area contributed by atoms with Gasteiger partial charge in [0.25, 0.3) is 5.91 Å². The second kappa shape index (κ2) is 6.68. The fourth-order valence-corrected chi connectivity index (χ4v) is 6.06. The van der Waals surface area contributed by atoms with Crippen molar-refractivity contribution in [3.05, 3.63) is 18.2 Å². The van der Waals surface area contributed by atoms with Crippen molar-refractivity contribution in [3.63, 3.8) is 0 Å². The Morgan fingerprint density at radius 1 is 1.04 bits per heavy atom. The number of carbonyl (C=O) groups is 2. The van der Waals surface area contributed by atoms with Crippen molar-refractivity contribution in [2.45, 2.75) is 51.6 Å². The van der Waals surface area contributed by atoms with E-state index in [4.69, 9.17) is 14.2 Å². The first-order chi connectivity index (χ1) is 13.5. The minimum atomic E-state index is -0.825. The maximum Gasteiger partial charge on any atom is 0.312 e. The highest BCUT2D eigenvalue weighted by Gasteiger charge is 2.55. The molecular weight excluding hydrogens is 358 g/mol. The highest BCUT2D eigenvalue weighted by atomic mass is 16.6. The Morgan fingerprint density at radius 2 is 1.64 bits per heavy atom. The van der Waals surface area contributed by atoms with E-state index >= 15 is 0 Å². The standard InChI is InChI=1S/C22H27NO5/c1-13(20(24)23-17-2-3-18-19(9-17)27-5-4-26-18)28-21(25)22-10-14-6-15(11-22)8-16(7-14)12-22/h2-3,9,13-16H,4-8,10-12H2,1H3,(H,23,24)/t13-,14?,15?,16?,22?/m0/s1. The molecule has 6 nitrogen and oxygen atoms in total. The van der Waals surface area contributed by atoms with Crippen LogP contribution in [0.25, 0.3) is 0 Å². The third-order valence-corrected chi connectivity index (χ3v) is 6.93. The highest BCUT2D eigenvalue weighted by molar-refractivity contribution is 5.95. The molecule has 5 aliphatic rings. The summed E-state index contributed by atoms with van der Waals surface area (Å²) in [6.07, 6.45) is 5.80. The Kier molecular flexibility index (Phi) is 4.25. The van der Waals surface area contributed by atoms with Gasteiger partial charge in [-0.15, -0.1) is 0 Å². The average molecular weight is 385 g/mol. The van der Waals surface area contributed by atoms with Crippen LogP contribution in [-0.2, 0) is 14.3 Å². The summed E-state index contributed by atoms with van der Waals surface area (Å²) >= 11 is 0. The number of nitrogens with one attached hydrogen (secondary N) is 1. The third kappa shape index (κ3) is 3.12. The molecule has 1 heterocycles. The van der Waals surface area contributed by atoms with E-state index in [2.05, 4.69) is 5.32 Å². The third-order valence-electron chi connectivity index (χ3n) is 6.93. The predicted molar refractivity (Wildman–Crippen MR) is 102 cm³/mol. The fourth-order valence-electron chi connectivity index (χ4n) is 6.06. The van der Waals surface area contributed by atoms with Crippen LogP contribution in [0.4, 0.5) is 5.69 Å². The minimum Gasteiger partial charge on any atom is -0.486 e. The fraction of sp³-hybridized carbons (Fsp3) is 0.636. The lowest BCUT2D eigenvalue weighted by Gasteiger charge is -2.55. The van der Waals surface area contributed by atoms with Crippen molar-refractivity contribution >= 4 is 17.6 Å². The van der Waals surface area contributed by atoms with E-state index in [0.717, 1.165) is 19.3 Å². The van der Waals surface area contributed by atoms with Crippen molar-refractivity contribution in [2.75, 3.05) is 18.5 Å². The van der Waals surface area contributed by atoms with Gasteiger partial charge in [-0.2, -0.15) is 0 Å². The molecule has 6 rings (SSSR count). The van der Waals surface area contributed by atoms with Gasteiger partial charge in [-0.25, -0.2) is 0 Å². The largest absolute Gasteiger partial charge is 0.486 e. The first kappa shape index (κ1) is 17.8. The van der Waals surface area contributed by atoms with Gasteiger partial charge in [-0.3, -0.25) is 9.59 Å². The van der Waals surface area contributed by atoms with E-state index in [1.807, 2.05) is 0 Å². The molecule has 1 aromatic rings. The van der Waals surface area contributed by atoms with Gasteiger partial charge >= 0.3 is 5.97 Å². The van der Waals surface area contributed by atoms with Crippen LogP contribution < -0.4 is 14.8 Å². The Balaban J connectivity index is 1.22. The molecule has 1 aromatic carbocycles. The summed E-state index contributed by atoms with van der Waals surface area (Å²) in [5.41, 5.74) is 0.257. The van der Waals surface area contributed by atoms with Crippen LogP contribution in [0.15, 0.2) is 18.2 Å². The van der Waals surface area contributed by atoms with Gasteiger partial charge in [0.2, 0.25) is 0 Å². The molecule has 1 atom stereocenters. The van der Waals surface area contributed by atoms with Gasteiger partial charge in [-0.05, 0) is 75.3 Å². The number of esters is 1. The molecule has 0 aromatic heterocycles. The van der Waals surface area contributed by atoms with Crippen LogP contribution >= 0.6 is 0 Å². The van der Waals surface area contributed by atoms with E-state index in [9.17, 15) is 9.59 Å². The number of rotatable bonds is 4. The van der Waals surface area contributed by atoms with Crippen molar-refractivity contribution < 1.29 is 23.8 Å². The second-order valence-electron chi connectivity index (χ2n) is 9.09. The van der Waals surface area contributed by atoms with Crippen LogP contribution in [0.3, 0.4) is 0 Å². The van der Waals surface area contributed by atoms with Crippen molar-refractivity contribution in [1.82, 2.24) is 0 Å². The zero-order valence-corrected chi connectivity index (χ0v) is 16.2. The molecule has 0 spiro atoms. The normalized spacial score (nSPS) is 33.2. The van der Waals surface area contributed by atoms with Gasteiger partial charge in [0, 0.05) is 11.8 Å². The zero-order chi connectivity index (χ0) is 19.3. The Bertz CT molecular complexity index is 769. The van der Waals surface area contributed by atoms with Gasteiger partial charge in [0.15, 0.2) is 17.6 Å². The maximum atomic E-state index is 13.0. The maximum absolute atomic E-state index is 13.0. The van der Waals surface area contributed by atoms with Gasteiger partial charge in [0.05, 0.1) is 5.41 Å². The number of amides is 1. The van der Waals surface area contributed by atoms with Gasteiger partial charge < -0.3 is 19.5 Å². The molecule has 150 valence electrons. The molecule has 4 fully saturated rings. The molecular formula is C22H27NO5. The number of hydrogen-bond donors (Lipinski definition) is 1. The first-order valence-electron chi connectivity index (χ1n) is 10.4. The SMILES string of the molecule is C[C@H](OC(=O)C12CC3CC(CC(C3)C1)C2)C(=O)Nc1ccc2c(c1)OCCO2. The lowest BCUT2D eigenvalue weighted by atomic mass is 9.49. The highest BCUT2D eigenvalue weighted by Crippen LogP contribution is 2.60. The quantitative estimate of drug-likeness (QED) is 0.803. The van der Waals surface area contributed by atoms with Crippen LogP contribution in [0, 0.1) is 23.2 Å².